The van der Waals surface area contributed by atoms with Gasteiger partial charge in [-0.25, -0.2) is 4.68 Å². The van der Waals surface area contributed by atoms with Crippen molar-refractivity contribution in [2.75, 3.05) is 36.9 Å². The minimum atomic E-state index is -4.65. The number of para-hydroxylation sites is 1. The molecule has 2 aliphatic rings. The molecule has 12 heteroatoms. The minimum absolute atomic E-state index is 0.229. The molecule has 0 saturated heterocycles. The van der Waals surface area contributed by atoms with Crippen LogP contribution in [0.1, 0.15) is 45.6 Å². The topological polar surface area (TPSA) is 99.6 Å². The van der Waals surface area contributed by atoms with Crippen molar-refractivity contribution in [2.24, 2.45) is 0 Å². The van der Waals surface area contributed by atoms with E-state index in [0.717, 1.165) is 23.9 Å². The van der Waals surface area contributed by atoms with E-state index in [9.17, 15) is 27.6 Å². The molecule has 47 heavy (non-hydrogen) atoms. The summed E-state index contributed by atoms with van der Waals surface area (Å²) in [5.74, 6) is -1.78. The molecule has 1 aromatic heterocycles. The number of carbonyl (C=O) groups excluding carboxylic acids is 3. The number of amides is 3. The second kappa shape index (κ2) is 12.5. The molecule has 0 saturated carbocycles. The highest BCUT2D eigenvalue weighted by Crippen LogP contribution is 2.44. The average molecular weight is 643 g/mol. The molecular weight excluding hydrogens is 609 g/mol. The Morgan fingerprint density at radius 3 is 2.40 bits per heavy atom. The fourth-order valence-corrected chi connectivity index (χ4v) is 6.22. The number of fused-ring (bicyclic) bond motifs is 1. The lowest BCUT2D eigenvalue weighted by atomic mass is 9.81. The average Bonchev–Trinajstić information content (AvgIpc) is 3.64. The Bertz CT molecular complexity index is 1880. The van der Waals surface area contributed by atoms with Gasteiger partial charge in [-0.05, 0) is 68.9 Å². The van der Waals surface area contributed by atoms with Gasteiger partial charge in [0.25, 0.3) is 17.7 Å². The van der Waals surface area contributed by atoms with Crippen LogP contribution in [-0.4, -0.2) is 65.1 Å². The Balaban J connectivity index is 1.45. The number of anilines is 2. The third kappa shape index (κ3) is 6.16. The molecule has 0 fully saturated rings. The zero-order valence-electron chi connectivity index (χ0n) is 26.0. The lowest BCUT2D eigenvalue weighted by Crippen LogP contribution is -2.55. The molecule has 3 amide bonds. The van der Waals surface area contributed by atoms with Crippen LogP contribution in [0.4, 0.5) is 24.7 Å². The van der Waals surface area contributed by atoms with Crippen LogP contribution in [0.5, 0.6) is 0 Å². The van der Waals surface area contributed by atoms with E-state index in [-0.39, 0.29) is 18.0 Å². The highest BCUT2D eigenvalue weighted by Gasteiger charge is 2.45. The van der Waals surface area contributed by atoms with Crippen molar-refractivity contribution < 1.29 is 27.6 Å². The van der Waals surface area contributed by atoms with Crippen LogP contribution in [0.15, 0.2) is 90.5 Å². The minimum Gasteiger partial charge on any atom is -0.339 e. The quantitative estimate of drug-likeness (QED) is 0.285. The molecule has 0 radical (unpaired) electrons. The molecule has 0 bridgehead atoms. The molecule has 9 nitrogen and oxygen atoms in total. The first-order valence-corrected chi connectivity index (χ1v) is 15.2. The van der Waals surface area contributed by atoms with Crippen molar-refractivity contribution in [1.29, 1.82) is 0 Å². The molecule has 0 aliphatic carbocycles. The summed E-state index contributed by atoms with van der Waals surface area (Å²) in [7, 11) is 1.92. The van der Waals surface area contributed by atoms with Gasteiger partial charge in [-0.15, -0.1) is 0 Å². The van der Waals surface area contributed by atoms with E-state index < -0.39 is 35.5 Å². The lowest BCUT2D eigenvalue weighted by Gasteiger charge is -2.38. The second-order valence-electron chi connectivity index (χ2n) is 11.7. The maximum absolute atomic E-state index is 14.4. The molecule has 3 aromatic carbocycles. The van der Waals surface area contributed by atoms with E-state index in [4.69, 9.17) is 5.10 Å². The number of rotatable bonds is 7. The van der Waals surface area contributed by atoms with Gasteiger partial charge in [-0.2, -0.15) is 18.3 Å². The first-order valence-electron chi connectivity index (χ1n) is 15.2. The summed E-state index contributed by atoms with van der Waals surface area (Å²) in [6.45, 7) is 5.04. The Kier molecular flexibility index (Phi) is 8.45. The predicted molar refractivity (Wildman–Crippen MR) is 172 cm³/mol. The SMILES string of the molecule is CCN1C(=O)[C@@H](NC(=O)c2cccc(C(F)(F)F)c2)[C@@H](c2cccc(NC(=O)C3=CCN(C)C3)c2)c2c(C)nn(-c3ccccc3)c21. The van der Waals surface area contributed by atoms with Crippen molar-refractivity contribution in [3.63, 3.8) is 0 Å². The number of benzene rings is 3. The monoisotopic (exact) mass is 642 g/mol. The van der Waals surface area contributed by atoms with Gasteiger partial charge >= 0.3 is 6.18 Å². The van der Waals surface area contributed by atoms with E-state index >= 15 is 0 Å². The van der Waals surface area contributed by atoms with Crippen molar-refractivity contribution in [3.05, 3.63) is 118 Å². The van der Waals surface area contributed by atoms with Crippen molar-refractivity contribution in [2.45, 2.75) is 32.0 Å². The van der Waals surface area contributed by atoms with Crippen LogP contribution in [-0.2, 0) is 15.8 Å². The van der Waals surface area contributed by atoms with Crippen LogP contribution >= 0.6 is 0 Å². The molecule has 0 spiro atoms. The highest BCUT2D eigenvalue weighted by atomic mass is 19.4. The summed E-state index contributed by atoms with van der Waals surface area (Å²) in [6, 6.07) is 19.3. The van der Waals surface area contributed by atoms with Gasteiger partial charge < -0.3 is 10.6 Å². The molecule has 4 aromatic rings. The summed E-state index contributed by atoms with van der Waals surface area (Å²) in [5, 5.41) is 10.5. The van der Waals surface area contributed by atoms with Crippen LogP contribution in [0, 0.1) is 6.92 Å². The van der Waals surface area contributed by atoms with Crippen molar-refractivity contribution in [1.82, 2.24) is 20.0 Å². The third-order valence-electron chi connectivity index (χ3n) is 8.45. The zero-order chi connectivity index (χ0) is 33.5. The number of hydrogen-bond acceptors (Lipinski definition) is 5. The summed E-state index contributed by atoms with van der Waals surface area (Å²) in [4.78, 5) is 44.5. The van der Waals surface area contributed by atoms with E-state index in [1.807, 2.05) is 55.3 Å². The van der Waals surface area contributed by atoms with Crippen molar-refractivity contribution in [3.8, 4) is 5.69 Å². The van der Waals surface area contributed by atoms with Gasteiger partial charge in [0.05, 0.1) is 16.9 Å². The largest absolute Gasteiger partial charge is 0.416 e. The number of likely N-dealkylation sites (N-methyl/N-ethyl adjacent to an activating group) is 2. The first kappa shape index (κ1) is 31.7. The van der Waals surface area contributed by atoms with Crippen LogP contribution in [0.25, 0.3) is 5.69 Å². The predicted octanol–water partition coefficient (Wildman–Crippen LogP) is 5.31. The van der Waals surface area contributed by atoms with E-state index in [1.54, 1.807) is 35.9 Å². The smallest absolute Gasteiger partial charge is 0.339 e. The number of alkyl halides is 3. The Morgan fingerprint density at radius 2 is 1.72 bits per heavy atom. The zero-order valence-corrected chi connectivity index (χ0v) is 26.0. The van der Waals surface area contributed by atoms with Crippen molar-refractivity contribution >= 4 is 29.2 Å². The normalized spacial score (nSPS) is 18.1. The Morgan fingerprint density at radius 1 is 0.979 bits per heavy atom. The molecule has 0 unspecified atom stereocenters. The van der Waals surface area contributed by atoms with E-state index in [1.165, 1.54) is 11.0 Å². The maximum atomic E-state index is 14.4. The standard InChI is InChI=1S/C35H33F3N6O3/c1-4-43-33-28(21(2)41-44(33)27-14-6-5-7-15-27)29(22-10-9-13-26(19-22)39-32(46)24-16-17-42(3)20-24)30(34(43)47)40-31(45)23-11-8-12-25(18-23)35(36,37)38/h5-16,18-19,29-30H,4,17,20H2,1-3H3,(H,39,46)(H,40,45)/t29-,30-/m0/s1. The lowest BCUT2D eigenvalue weighted by molar-refractivity contribution is -0.137. The molecule has 3 heterocycles. The Labute approximate surface area is 269 Å². The van der Waals surface area contributed by atoms with Gasteiger partial charge in [0.1, 0.15) is 11.9 Å². The number of nitrogens with zero attached hydrogens (tertiary/aromatic N) is 4. The number of halogens is 3. The molecular formula is C35H33F3N6O3. The molecule has 6 rings (SSSR count). The number of aryl methyl sites for hydroxylation is 1. The molecule has 2 atom stereocenters. The number of carbonyl (C=O) groups is 3. The van der Waals surface area contributed by atoms with Gasteiger partial charge in [0.15, 0.2) is 0 Å². The molecule has 242 valence electrons. The molecule has 2 N–H and O–H groups in total. The molecule has 2 aliphatic heterocycles. The summed E-state index contributed by atoms with van der Waals surface area (Å²) >= 11 is 0. The Hall–Kier alpha value is -5.23. The fourth-order valence-electron chi connectivity index (χ4n) is 6.22. The maximum Gasteiger partial charge on any atom is 0.416 e. The number of nitrogens with one attached hydrogen (secondary N) is 2. The van der Waals surface area contributed by atoms with Gasteiger partial charge in [0, 0.05) is 47.9 Å². The summed E-state index contributed by atoms with van der Waals surface area (Å²) in [5.41, 5.74) is 2.54. The highest BCUT2D eigenvalue weighted by molar-refractivity contribution is 6.06. The van der Waals surface area contributed by atoms with Gasteiger partial charge in [0.2, 0.25) is 0 Å². The second-order valence-corrected chi connectivity index (χ2v) is 11.7. The third-order valence-corrected chi connectivity index (χ3v) is 8.45. The fraction of sp³-hybridized carbons (Fsp3) is 0.257. The summed E-state index contributed by atoms with van der Waals surface area (Å²) < 4.78 is 42.2. The van der Waals surface area contributed by atoms with Gasteiger partial charge in [-0.1, -0.05) is 42.5 Å². The summed E-state index contributed by atoms with van der Waals surface area (Å²) in [6.07, 6.45) is -2.78. The van der Waals surface area contributed by atoms with Crippen LogP contribution < -0.4 is 15.5 Å². The van der Waals surface area contributed by atoms with Gasteiger partial charge in [-0.3, -0.25) is 24.2 Å². The van der Waals surface area contributed by atoms with Crippen LogP contribution in [0.2, 0.25) is 0 Å². The van der Waals surface area contributed by atoms with E-state index in [2.05, 4.69) is 10.6 Å². The number of hydrogen-bond donors (Lipinski definition) is 2. The number of aromatic nitrogens is 2. The van der Waals surface area contributed by atoms with E-state index in [0.29, 0.717) is 47.0 Å². The first-order chi connectivity index (χ1) is 22.5. The van der Waals surface area contributed by atoms with Crippen LogP contribution in [0.3, 0.4) is 0 Å².